The summed E-state index contributed by atoms with van der Waals surface area (Å²) in [5.41, 5.74) is 1.05. The normalized spacial score (nSPS) is 10.3. The van der Waals surface area contributed by atoms with Gasteiger partial charge < -0.3 is 9.30 Å². The van der Waals surface area contributed by atoms with E-state index in [-0.39, 0.29) is 0 Å². The van der Waals surface area contributed by atoms with Crippen LogP contribution in [0.5, 0.6) is 5.75 Å². The molecule has 1 aromatic carbocycles. The van der Waals surface area contributed by atoms with Crippen molar-refractivity contribution in [1.29, 1.82) is 0 Å². The lowest BCUT2D eigenvalue weighted by molar-refractivity contribution is 0.339. The van der Waals surface area contributed by atoms with Crippen LogP contribution in [0.15, 0.2) is 47.2 Å². The van der Waals surface area contributed by atoms with Crippen molar-refractivity contribution in [3.05, 3.63) is 47.2 Å². The van der Waals surface area contributed by atoms with Crippen LogP contribution < -0.4 is 4.74 Å². The van der Waals surface area contributed by atoms with Gasteiger partial charge in [0.25, 0.3) is 0 Å². The van der Waals surface area contributed by atoms with Crippen LogP contribution >= 0.6 is 15.9 Å². The van der Waals surface area contributed by atoms with Gasteiger partial charge in [0.15, 0.2) is 0 Å². The molecule has 0 N–H and O–H groups in total. The Morgan fingerprint density at radius 1 is 1.27 bits per heavy atom. The van der Waals surface area contributed by atoms with E-state index in [1.807, 2.05) is 54.2 Å². The third kappa shape index (κ3) is 2.23. The summed E-state index contributed by atoms with van der Waals surface area (Å²) in [6.45, 7) is 2.66. The zero-order valence-electron chi connectivity index (χ0n) is 8.48. The minimum Gasteiger partial charge on any atom is -0.492 e. The first-order valence-electron chi connectivity index (χ1n) is 4.87. The van der Waals surface area contributed by atoms with E-state index in [1.54, 1.807) is 0 Å². The lowest BCUT2D eigenvalue weighted by atomic mass is 10.3. The van der Waals surface area contributed by atoms with Gasteiger partial charge in [0.05, 0.1) is 12.3 Å². The van der Waals surface area contributed by atoms with Crippen LogP contribution in [0.2, 0.25) is 0 Å². The molecule has 1 heterocycles. The van der Waals surface area contributed by atoms with Crippen molar-refractivity contribution in [3.63, 3.8) is 0 Å². The zero-order chi connectivity index (χ0) is 10.7. The highest BCUT2D eigenvalue weighted by Gasteiger charge is 2.04. The average molecular weight is 266 g/mol. The van der Waals surface area contributed by atoms with E-state index in [0.29, 0.717) is 6.61 Å². The predicted molar refractivity (Wildman–Crippen MR) is 64.6 cm³/mol. The average Bonchev–Trinajstić information content (AvgIpc) is 2.74. The molecule has 0 atom stereocenters. The van der Waals surface area contributed by atoms with E-state index in [2.05, 4.69) is 15.9 Å². The molecule has 0 saturated carbocycles. The summed E-state index contributed by atoms with van der Waals surface area (Å²) in [6, 6.07) is 10.00. The summed E-state index contributed by atoms with van der Waals surface area (Å²) in [6.07, 6.45) is 4.01. The fraction of sp³-hybridized carbons (Fsp3) is 0.167. The SMILES string of the molecule is CCOc1ccc(Br)cc1-n1cccc1. The van der Waals surface area contributed by atoms with Crippen molar-refractivity contribution in [2.75, 3.05) is 6.61 Å². The third-order valence-corrected chi connectivity index (χ3v) is 2.60. The van der Waals surface area contributed by atoms with Gasteiger partial charge in [-0.15, -0.1) is 0 Å². The van der Waals surface area contributed by atoms with Gasteiger partial charge in [0.2, 0.25) is 0 Å². The molecular formula is C12H12BrNO. The van der Waals surface area contributed by atoms with E-state index in [1.165, 1.54) is 0 Å². The number of ether oxygens (including phenoxy) is 1. The van der Waals surface area contributed by atoms with Crippen LogP contribution in [0.4, 0.5) is 0 Å². The highest BCUT2D eigenvalue weighted by atomic mass is 79.9. The van der Waals surface area contributed by atoms with Gasteiger partial charge in [0.1, 0.15) is 5.75 Å². The fourth-order valence-corrected chi connectivity index (χ4v) is 1.81. The lowest BCUT2D eigenvalue weighted by Crippen LogP contribution is -1.98. The largest absolute Gasteiger partial charge is 0.492 e. The van der Waals surface area contributed by atoms with Crippen molar-refractivity contribution >= 4 is 15.9 Å². The predicted octanol–water partition coefficient (Wildman–Crippen LogP) is 3.64. The van der Waals surface area contributed by atoms with Crippen LogP contribution in [-0.4, -0.2) is 11.2 Å². The first-order valence-corrected chi connectivity index (χ1v) is 5.66. The first kappa shape index (κ1) is 10.3. The van der Waals surface area contributed by atoms with Crippen molar-refractivity contribution < 1.29 is 4.74 Å². The summed E-state index contributed by atoms with van der Waals surface area (Å²) >= 11 is 3.46. The number of hydrogen-bond acceptors (Lipinski definition) is 1. The maximum Gasteiger partial charge on any atom is 0.143 e. The highest BCUT2D eigenvalue weighted by Crippen LogP contribution is 2.26. The fourth-order valence-electron chi connectivity index (χ4n) is 1.46. The monoisotopic (exact) mass is 265 g/mol. The molecule has 0 bridgehead atoms. The number of rotatable bonds is 3. The molecule has 2 nitrogen and oxygen atoms in total. The molecule has 78 valence electrons. The van der Waals surface area contributed by atoms with Gasteiger partial charge in [-0.3, -0.25) is 0 Å². The molecule has 2 aromatic rings. The van der Waals surface area contributed by atoms with Gasteiger partial charge in [-0.2, -0.15) is 0 Å². The molecule has 0 spiro atoms. The van der Waals surface area contributed by atoms with Crippen LogP contribution in [0.1, 0.15) is 6.92 Å². The Balaban J connectivity index is 2.47. The molecule has 0 unspecified atom stereocenters. The standard InChI is InChI=1S/C12H12BrNO/c1-2-15-12-6-5-10(13)9-11(12)14-7-3-4-8-14/h3-9H,2H2,1H3. The van der Waals surface area contributed by atoms with Crippen molar-refractivity contribution in [2.45, 2.75) is 6.92 Å². The highest BCUT2D eigenvalue weighted by molar-refractivity contribution is 9.10. The Hall–Kier alpha value is -1.22. The van der Waals surface area contributed by atoms with Crippen LogP contribution in [-0.2, 0) is 0 Å². The van der Waals surface area contributed by atoms with Gasteiger partial charge in [-0.25, -0.2) is 0 Å². The number of nitrogens with zero attached hydrogens (tertiary/aromatic N) is 1. The van der Waals surface area contributed by atoms with E-state index in [4.69, 9.17) is 4.74 Å². The summed E-state index contributed by atoms with van der Waals surface area (Å²) in [5.74, 6) is 0.900. The molecule has 0 aliphatic rings. The van der Waals surface area contributed by atoms with Gasteiger partial charge in [-0.1, -0.05) is 15.9 Å². The molecule has 3 heteroatoms. The molecular weight excluding hydrogens is 254 g/mol. The minimum atomic E-state index is 0.676. The molecule has 1 aromatic heterocycles. The van der Waals surface area contributed by atoms with E-state index in [0.717, 1.165) is 15.9 Å². The first-order chi connectivity index (χ1) is 7.31. The molecule has 0 saturated heterocycles. The molecule has 0 aliphatic carbocycles. The lowest BCUT2D eigenvalue weighted by Gasteiger charge is -2.11. The summed E-state index contributed by atoms with van der Waals surface area (Å²) in [4.78, 5) is 0. The molecule has 0 fully saturated rings. The molecule has 0 radical (unpaired) electrons. The molecule has 15 heavy (non-hydrogen) atoms. The van der Waals surface area contributed by atoms with Crippen molar-refractivity contribution in [1.82, 2.24) is 4.57 Å². The topological polar surface area (TPSA) is 14.2 Å². The van der Waals surface area contributed by atoms with Crippen molar-refractivity contribution in [2.24, 2.45) is 0 Å². The smallest absolute Gasteiger partial charge is 0.143 e. The molecule has 0 amide bonds. The van der Waals surface area contributed by atoms with Crippen LogP contribution in [0.3, 0.4) is 0 Å². The quantitative estimate of drug-likeness (QED) is 0.827. The minimum absolute atomic E-state index is 0.676. The molecule has 2 rings (SSSR count). The summed E-state index contributed by atoms with van der Waals surface area (Å²) in [7, 11) is 0. The second-order valence-electron chi connectivity index (χ2n) is 3.14. The number of hydrogen-bond donors (Lipinski definition) is 0. The second-order valence-corrected chi connectivity index (χ2v) is 4.05. The third-order valence-electron chi connectivity index (χ3n) is 2.10. The van der Waals surface area contributed by atoms with Gasteiger partial charge >= 0.3 is 0 Å². The number of aromatic nitrogens is 1. The maximum atomic E-state index is 5.57. The van der Waals surface area contributed by atoms with Crippen LogP contribution in [0, 0.1) is 0 Å². The Morgan fingerprint density at radius 3 is 2.67 bits per heavy atom. The number of halogens is 1. The zero-order valence-corrected chi connectivity index (χ0v) is 10.1. The summed E-state index contributed by atoms with van der Waals surface area (Å²) in [5, 5.41) is 0. The van der Waals surface area contributed by atoms with Gasteiger partial charge in [-0.05, 0) is 37.3 Å². The maximum absolute atomic E-state index is 5.57. The molecule has 0 aliphatic heterocycles. The Labute approximate surface area is 97.6 Å². The van der Waals surface area contributed by atoms with E-state index < -0.39 is 0 Å². The Bertz CT molecular complexity index is 437. The Kier molecular flexibility index (Phi) is 3.11. The van der Waals surface area contributed by atoms with Crippen LogP contribution in [0.25, 0.3) is 5.69 Å². The van der Waals surface area contributed by atoms with E-state index >= 15 is 0 Å². The van der Waals surface area contributed by atoms with E-state index in [9.17, 15) is 0 Å². The second kappa shape index (κ2) is 4.53. The Morgan fingerprint density at radius 2 is 2.00 bits per heavy atom. The van der Waals surface area contributed by atoms with Gasteiger partial charge in [0, 0.05) is 16.9 Å². The van der Waals surface area contributed by atoms with Crippen molar-refractivity contribution in [3.8, 4) is 11.4 Å². The summed E-state index contributed by atoms with van der Waals surface area (Å²) < 4.78 is 8.66. The number of benzene rings is 1.